The van der Waals surface area contributed by atoms with Crippen molar-refractivity contribution in [1.29, 1.82) is 0 Å². The number of sulfonamides is 1. The van der Waals surface area contributed by atoms with E-state index in [-0.39, 0.29) is 22.6 Å². The fraction of sp³-hybridized carbons (Fsp3) is 0.469. The zero-order valence-corrected chi connectivity index (χ0v) is 25.8. The zero-order valence-electron chi connectivity index (χ0n) is 24.9. The Bertz CT molecular complexity index is 1540. The Labute approximate surface area is 248 Å². The highest BCUT2D eigenvalue weighted by atomic mass is 32.2. The first-order valence-electron chi connectivity index (χ1n) is 14.5. The third-order valence-corrected chi connectivity index (χ3v) is 9.42. The van der Waals surface area contributed by atoms with Gasteiger partial charge in [-0.1, -0.05) is 38.1 Å². The summed E-state index contributed by atoms with van der Waals surface area (Å²) in [7, 11) is -2.96. The van der Waals surface area contributed by atoms with Crippen molar-refractivity contribution in [3.63, 3.8) is 0 Å². The Morgan fingerprint density at radius 1 is 1.05 bits per heavy atom. The van der Waals surface area contributed by atoms with E-state index in [0.29, 0.717) is 35.4 Å². The van der Waals surface area contributed by atoms with Gasteiger partial charge in [0.05, 0.1) is 12.8 Å². The first kappa shape index (κ1) is 30.0. The van der Waals surface area contributed by atoms with Gasteiger partial charge in [0.15, 0.2) is 5.03 Å². The molecule has 0 saturated heterocycles. The van der Waals surface area contributed by atoms with Crippen LogP contribution in [0.3, 0.4) is 0 Å². The largest absolute Gasteiger partial charge is 0.492 e. The van der Waals surface area contributed by atoms with E-state index >= 15 is 0 Å². The van der Waals surface area contributed by atoms with Gasteiger partial charge >= 0.3 is 5.97 Å². The number of benzene rings is 1. The van der Waals surface area contributed by atoms with Gasteiger partial charge in [-0.2, -0.15) is 8.42 Å². The number of nitrogens with zero attached hydrogens (tertiary/aromatic N) is 2. The second-order valence-corrected chi connectivity index (χ2v) is 13.8. The molecular formula is C32H40N4O5S. The molecule has 0 unspecified atom stereocenters. The van der Waals surface area contributed by atoms with Crippen molar-refractivity contribution in [2.45, 2.75) is 76.9 Å². The molecule has 0 radical (unpaired) electrons. The van der Waals surface area contributed by atoms with E-state index in [1.54, 1.807) is 6.07 Å². The molecule has 1 atom stereocenters. The van der Waals surface area contributed by atoms with Gasteiger partial charge in [0.1, 0.15) is 23.9 Å². The normalized spacial score (nSPS) is 16.6. The van der Waals surface area contributed by atoms with Crippen LogP contribution in [0.5, 0.6) is 5.75 Å². The highest BCUT2D eigenvalue weighted by Crippen LogP contribution is 2.60. The number of carbonyl (C=O) groups excluding carboxylic acids is 1. The van der Waals surface area contributed by atoms with Gasteiger partial charge in [-0.3, -0.25) is 4.72 Å². The summed E-state index contributed by atoms with van der Waals surface area (Å²) in [5, 5.41) is 3.49. The molecule has 1 aromatic carbocycles. The lowest BCUT2D eigenvalue weighted by molar-refractivity contribution is 0.0593. The molecule has 2 aromatic heterocycles. The van der Waals surface area contributed by atoms with Gasteiger partial charge in [-0.05, 0) is 80.5 Å². The molecule has 0 aliphatic heterocycles. The van der Waals surface area contributed by atoms with E-state index in [1.165, 1.54) is 51.0 Å². The summed E-state index contributed by atoms with van der Waals surface area (Å²) in [6.45, 7) is 8.86. The molecule has 10 heteroatoms. The third-order valence-electron chi connectivity index (χ3n) is 8.16. The molecule has 0 amide bonds. The molecule has 2 N–H and O–H groups in total. The van der Waals surface area contributed by atoms with Gasteiger partial charge in [0.25, 0.3) is 10.0 Å². The summed E-state index contributed by atoms with van der Waals surface area (Å²) in [6.07, 6.45) is 6.17. The number of methoxy groups -OCH3 is 1. The summed E-state index contributed by atoms with van der Waals surface area (Å²) in [5.41, 5.74) is 4.04. The smallest absolute Gasteiger partial charge is 0.356 e. The van der Waals surface area contributed by atoms with Crippen LogP contribution in [0.4, 0.5) is 5.82 Å². The monoisotopic (exact) mass is 592 g/mol. The van der Waals surface area contributed by atoms with Crippen LogP contribution < -0.4 is 14.8 Å². The van der Waals surface area contributed by atoms with E-state index in [4.69, 9.17) is 9.47 Å². The van der Waals surface area contributed by atoms with Gasteiger partial charge in [-0.25, -0.2) is 14.8 Å². The molecule has 224 valence electrons. The number of anilines is 1. The fourth-order valence-electron chi connectivity index (χ4n) is 5.93. The first-order valence-corrected chi connectivity index (χ1v) is 16.0. The van der Waals surface area contributed by atoms with Crippen LogP contribution in [0.2, 0.25) is 0 Å². The molecule has 3 aromatic rings. The summed E-state index contributed by atoms with van der Waals surface area (Å²) in [5.74, 6) is 0.383. The molecule has 2 aliphatic rings. The van der Waals surface area contributed by atoms with Gasteiger partial charge < -0.3 is 14.8 Å². The zero-order chi connectivity index (χ0) is 30.1. The molecule has 42 heavy (non-hydrogen) atoms. The Kier molecular flexibility index (Phi) is 8.57. The minimum absolute atomic E-state index is 0.0958. The second kappa shape index (κ2) is 12.0. The van der Waals surface area contributed by atoms with Gasteiger partial charge in [0, 0.05) is 29.8 Å². The highest BCUT2D eigenvalue weighted by Gasteiger charge is 2.53. The number of ether oxygens (including phenoxy) is 2. The minimum Gasteiger partial charge on any atom is -0.492 e. The van der Waals surface area contributed by atoms with Crippen molar-refractivity contribution in [3.8, 4) is 17.0 Å². The van der Waals surface area contributed by atoms with Crippen LogP contribution in [0.25, 0.3) is 11.3 Å². The summed E-state index contributed by atoms with van der Waals surface area (Å²) < 4.78 is 40.3. The molecule has 2 heterocycles. The molecule has 9 nitrogen and oxygen atoms in total. The molecular weight excluding hydrogens is 552 g/mol. The van der Waals surface area contributed by atoms with Crippen LogP contribution in [0.1, 0.15) is 67.6 Å². The van der Waals surface area contributed by atoms with Crippen molar-refractivity contribution in [2.24, 2.45) is 11.3 Å². The number of pyridine rings is 2. The number of aromatic nitrogens is 2. The summed E-state index contributed by atoms with van der Waals surface area (Å²) in [4.78, 5) is 20.6. The van der Waals surface area contributed by atoms with E-state index < -0.39 is 16.0 Å². The van der Waals surface area contributed by atoms with Crippen LogP contribution >= 0.6 is 0 Å². The summed E-state index contributed by atoms with van der Waals surface area (Å²) >= 11 is 0. The van der Waals surface area contributed by atoms with Crippen molar-refractivity contribution in [3.05, 3.63) is 65.4 Å². The van der Waals surface area contributed by atoms with Crippen molar-refractivity contribution in [2.75, 3.05) is 18.4 Å². The molecule has 5 rings (SSSR count). The third kappa shape index (κ3) is 6.93. The van der Waals surface area contributed by atoms with Gasteiger partial charge in [-0.15, -0.1) is 0 Å². The number of rotatable bonds is 12. The topological polar surface area (TPSA) is 120 Å². The Morgan fingerprint density at radius 2 is 1.74 bits per heavy atom. The van der Waals surface area contributed by atoms with Crippen molar-refractivity contribution < 1.29 is 22.7 Å². The highest BCUT2D eigenvalue weighted by molar-refractivity contribution is 7.92. The number of aryl methyl sites for hydroxylation is 2. The molecule has 2 saturated carbocycles. The van der Waals surface area contributed by atoms with E-state index in [2.05, 4.69) is 33.9 Å². The molecule has 1 spiro atoms. The number of nitrogens with one attached hydrogen (secondary N) is 2. The van der Waals surface area contributed by atoms with Gasteiger partial charge in [0.2, 0.25) is 0 Å². The molecule has 2 aliphatic carbocycles. The van der Waals surface area contributed by atoms with E-state index in [9.17, 15) is 13.2 Å². The number of carbonyl (C=O) groups is 1. The SMILES string of the molecule is COC(=O)c1cccc(S(=O)(=O)Nc2cc(OC[C@@H](CC(C)C)NC3CC4(CC4)C3)cc(-c3c(C)cccc3C)n2)n1. The Morgan fingerprint density at radius 3 is 2.38 bits per heavy atom. The molecule has 2 fully saturated rings. The lowest BCUT2D eigenvalue weighted by Gasteiger charge is -2.39. The van der Waals surface area contributed by atoms with E-state index in [0.717, 1.165) is 23.1 Å². The second-order valence-electron chi connectivity index (χ2n) is 12.2. The lowest BCUT2D eigenvalue weighted by atomic mass is 9.76. The average Bonchev–Trinajstić information content (AvgIpc) is 3.71. The average molecular weight is 593 g/mol. The lowest BCUT2D eigenvalue weighted by Crippen LogP contribution is -2.49. The Hall–Kier alpha value is -3.50. The van der Waals surface area contributed by atoms with Crippen LogP contribution in [-0.2, 0) is 14.8 Å². The first-order chi connectivity index (χ1) is 20.0. The van der Waals surface area contributed by atoms with Crippen molar-refractivity contribution >= 4 is 21.8 Å². The maximum atomic E-state index is 13.3. The quantitative estimate of drug-likeness (QED) is 0.258. The predicted molar refractivity (Wildman–Crippen MR) is 162 cm³/mol. The van der Waals surface area contributed by atoms with Crippen LogP contribution in [-0.4, -0.2) is 50.2 Å². The number of hydrogen-bond acceptors (Lipinski definition) is 8. The summed E-state index contributed by atoms with van der Waals surface area (Å²) in [6, 6.07) is 14.3. The number of esters is 1. The van der Waals surface area contributed by atoms with Crippen LogP contribution in [0, 0.1) is 25.2 Å². The Balaban J connectivity index is 1.42. The maximum absolute atomic E-state index is 13.3. The van der Waals surface area contributed by atoms with Crippen LogP contribution in [0.15, 0.2) is 53.6 Å². The predicted octanol–water partition coefficient (Wildman–Crippen LogP) is 5.67. The van der Waals surface area contributed by atoms with E-state index in [1.807, 2.05) is 38.1 Å². The van der Waals surface area contributed by atoms with Crippen molar-refractivity contribution in [1.82, 2.24) is 15.3 Å². The fourth-order valence-corrected chi connectivity index (χ4v) is 6.89. The maximum Gasteiger partial charge on any atom is 0.356 e. The standard InChI is InChI=1S/C32H40N4O5S/c1-20(2)14-23(33-24-17-32(18-24)12-13-32)19-41-25-15-27(30-21(3)8-6-9-22(30)4)34-28(16-25)36-42(38,39)29-11-7-10-26(35-29)31(37)40-5/h6-11,15-16,20,23-24,33H,12-14,17-19H2,1-5H3,(H,34,36)/t23-/m1/s1. The number of hydrogen-bond donors (Lipinski definition) is 2. The molecule has 0 bridgehead atoms. The minimum atomic E-state index is -4.18.